The lowest BCUT2D eigenvalue weighted by Gasteiger charge is -2.19. The van der Waals surface area contributed by atoms with Gasteiger partial charge in [0.15, 0.2) is 18.2 Å². The molecule has 1 aromatic heterocycles. The van der Waals surface area contributed by atoms with Crippen molar-refractivity contribution in [2.24, 2.45) is 0 Å². The normalized spacial score (nSPS) is 21.5. The molecule has 2 N–H and O–H groups in total. The number of carbonyl (C=O) groups excluding carboxylic acids is 2. The fourth-order valence-electron chi connectivity index (χ4n) is 1.91. The number of fused-ring (bicyclic) bond motifs is 1. The lowest BCUT2D eigenvalue weighted by molar-refractivity contribution is -0.118. The van der Waals surface area contributed by atoms with Crippen molar-refractivity contribution in [1.82, 2.24) is 4.98 Å². The van der Waals surface area contributed by atoms with Gasteiger partial charge in [0.2, 0.25) is 0 Å². The highest BCUT2D eigenvalue weighted by Crippen LogP contribution is 2.29. The minimum absolute atomic E-state index is 0.0492. The first-order chi connectivity index (χ1) is 9.17. The molecule has 1 atom stereocenters. The second-order valence-corrected chi connectivity index (χ2v) is 4.15. The smallest absolute Gasteiger partial charge is 0.416 e. The SMILES string of the molecule is O=C1COc2ccc(N3CC(CO)OC3=O)nc2N1. The molecule has 0 spiro atoms. The molecule has 8 heteroatoms. The molecular formula is C11H11N3O5. The van der Waals surface area contributed by atoms with Crippen LogP contribution in [0.4, 0.5) is 16.4 Å². The first-order valence-corrected chi connectivity index (χ1v) is 5.70. The van der Waals surface area contributed by atoms with E-state index in [1.54, 1.807) is 12.1 Å². The maximum absolute atomic E-state index is 11.6. The van der Waals surface area contributed by atoms with Crippen LogP contribution < -0.4 is 15.0 Å². The second kappa shape index (κ2) is 4.39. The number of rotatable bonds is 2. The molecule has 8 nitrogen and oxygen atoms in total. The molecule has 100 valence electrons. The van der Waals surface area contributed by atoms with E-state index >= 15 is 0 Å². The number of nitrogens with one attached hydrogen (secondary N) is 1. The standard InChI is InChI=1S/C11H11N3O5/c15-4-6-3-14(11(17)19-6)8-2-1-7-10(12-8)13-9(16)5-18-7/h1-2,6,15H,3-5H2,(H,12,13,16). The summed E-state index contributed by atoms with van der Waals surface area (Å²) < 4.78 is 10.1. The summed E-state index contributed by atoms with van der Waals surface area (Å²) >= 11 is 0. The van der Waals surface area contributed by atoms with Crippen molar-refractivity contribution < 1.29 is 24.2 Å². The van der Waals surface area contributed by atoms with E-state index in [0.717, 1.165) is 0 Å². The summed E-state index contributed by atoms with van der Waals surface area (Å²) in [6.45, 7) is -0.0741. The lowest BCUT2D eigenvalue weighted by Crippen LogP contribution is -2.29. The number of nitrogens with zero attached hydrogens (tertiary/aromatic N) is 2. The van der Waals surface area contributed by atoms with Crippen LogP contribution in [-0.4, -0.2) is 48.0 Å². The van der Waals surface area contributed by atoms with Gasteiger partial charge in [0.25, 0.3) is 5.91 Å². The Morgan fingerprint density at radius 1 is 1.47 bits per heavy atom. The minimum atomic E-state index is -0.574. The van der Waals surface area contributed by atoms with E-state index in [1.165, 1.54) is 4.90 Å². The first kappa shape index (κ1) is 11.7. The number of hydrogen-bond donors (Lipinski definition) is 2. The van der Waals surface area contributed by atoms with Crippen LogP contribution in [0, 0.1) is 0 Å². The number of aliphatic hydroxyl groups is 1. The Labute approximate surface area is 107 Å². The first-order valence-electron chi connectivity index (χ1n) is 5.70. The molecule has 0 bridgehead atoms. The molecule has 1 unspecified atom stereocenters. The van der Waals surface area contributed by atoms with E-state index in [4.69, 9.17) is 14.6 Å². The maximum Gasteiger partial charge on any atom is 0.416 e. The van der Waals surface area contributed by atoms with Crippen LogP contribution in [0.5, 0.6) is 5.75 Å². The Morgan fingerprint density at radius 3 is 3.05 bits per heavy atom. The third-order valence-electron chi connectivity index (χ3n) is 2.81. The molecule has 2 amide bonds. The highest BCUT2D eigenvalue weighted by atomic mass is 16.6. The number of hydrogen-bond acceptors (Lipinski definition) is 6. The van der Waals surface area contributed by atoms with Crippen molar-refractivity contribution in [1.29, 1.82) is 0 Å². The molecule has 0 aliphatic carbocycles. The number of aromatic nitrogens is 1. The number of cyclic esters (lactones) is 1. The van der Waals surface area contributed by atoms with Gasteiger partial charge in [-0.25, -0.2) is 9.78 Å². The predicted molar refractivity (Wildman–Crippen MR) is 63.1 cm³/mol. The molecule has 2 aliphatic heterocycles. The molecule has 19 heavy (non-hydrogen) atoms. The van der Waals surface area contributed by atoms with Gasteiger partial charge in [-0.3, -0.25) is 9.69 Å². The van der Waals surface area contributed by atoms with Crippen LogP contribution in [0.15, 0.2) is 12.1 Å². The highest BCUT2D eigenvalue weighted by molar-refractivity contribution is 5.95. The molecule has 1 aromatic rings. The van der Waals surface area contributed by atoms with Crippen LogP contribution in [-0.2, 0) is 9.53 Å². The van der Waals surface area contributed by atoms with E-state index in [1.807, 2.05) is 0 Å². The highest BCUT2D eigenvalue weighted by Gasteiger charge is 2.33. The number of pyridine rings is 1. The number of ether oxygens (including phenoxy) is 2. The summed E-state index contributed by atoms with van der Waals surface area (Å²) in [5.74, 6) is 0.767. The number of carbonyl (C=O) groups is 2. The average Bonchev–Trinajstić information content (AvgIpc) is 2.79. The number of anilines is 2. The fourth-order valence-corrected chi connectivity index (χ4v) is 1.91. The van der Waals surface area contributed by atoms with E-state index in [9.17, 15) is 9.59 Å². The van der Waals surface area contributed by atoms with Crippen molar-refractivity contribution in [3.8, 4) is 5.75 Å². The summed E-state index contributed by atoms with van der Waals surface area (Å²) in [5, 5.41) is 11.5. The minimum Gasteiger partial charge on any atom is -0.480 e. The zero-order valence-electron chi connectivity index (χ0n) is 9.83. The van der Waals surface area contributed by atoms with Gasteiger partial charge in [-0.2, -0.15) is 0 Å². The Hall–Kier alpha value is -2.35. The second-order valence-electron chi connectivity index (χ2n) is 4.15. The molecule has 0 radical (unpaired) electrons. The van der Waals surface area contributed by atoms with E-state index in [2.05, 4.69) is 10.3 Å². The number of aliphatic hydroxyl groups excluding tert-OH is 1. The fraction of sp³-hybridized carbons (Fsp3) is 0.364. The molecule has 1 saturated heterocycles. The van der Waals surface area contributed by atoms with Crippen LogP contribution in [0.25, 0.3) is 0 Å². The van der Waals surface area contributed by atoms with Gasteiger partial charge < -0.3 is 19.9 Å². The maximum atomic E-state index is 11.6. The van der Waals surface area contributed by atoms with Crippen molar-refractivity contribution in [3.05, 3.63) is 12.1 Å². The van der Waals surface area contributed by atoms with Crippen molar-refractivity contribution >= 4 is 23.6 Å². The van der Waals surface area contributed by atoms with Gasteiger partial charge in [0, 0.05) is 0 Å². The quantitative estimate of drug-likeness (QED) is 0.763. The molecule has 3 rings (SSSR count). The average molecular weight is 265 g/mol. The Bertz CT molecular complexity index is 547. The van der Waals surface area contributed by atoms with Crippen LogP contribution in [0.3, 0.4) is 0 Å². The van der Waals surface area contributed by atoms with Gasteiger partial charge >= 0.3 is 6.09 Å². The molecule has 0 saturated carbocycles. The van der Waals surface area contributed by atoms with Crippen molar-refractivity contribution in [2.45, 2.75) is 6.10 Å². The summed E-state index contributed by atoms with van der Waals surface area (Å²) in [5.41, 5.74) is 0. The van der Waals surface area contributed by atoms with Crippen LogP contribution in [0.2, 0.25) is 0 Å². The van der Waals surface area contributed by atoms with Gasteiger partial charge in [0.05, 0.1) is 13.2 Å². The summed E-state index contributed by atoms with van der Waals surface area (Å²) in [4.78, 5) is 28.3. The Morgan fingerprint density at radius 2 is 2.32 bits per heavy atom. The van der Waals surface area contributed by atoms with Gasteiger partial charge in [-0.15, -0.1) is 0 Å². The van der Waals surface area contributed by atoms with E-state index < -0.39 is 12.2 Å². The third kappa shape index (κ3) is 2.06. The third-order valence-corrected chi connectivity index (χ3v) is 2.81. The lowest BCUT2D eigenvalue weighted by atomic mass is 10.3. The zero-order chi connectivity index (χ0) is 13.4. The zero-order valence-corrected chi connectivity index (χ0v) is 9.83. The molecular weight excluding hydrogens is 254 g/mol. The monoisotopic (exact) mass is 265 g/mol. The van der Waals surface area contributed by atoms with Gasteiger partial charge in [-0.1, -0.05) is 0 Å². The Kier molecular flexibility index (Phi) is 2.71. The molecule has 3 heterocycles. The van der Waals surface area contributed by atoms with Crippen LogP contribution in [0.1, 0.15) is 0 Å². The van der Waals surface area contributed by atoms with Crippen molar-refractivity contribution in [2.75, 3.05) is 30.0 Å². The summed E-state index contributed by atoms with van der Waals surface area (Å²) in [7, 11) is 0. The van der Waals surface area contributed by atoms with Gasteiger partial charge in [-0.05, 0) is 12.1 Å². The summed E-state index contributed by atoms with van der Waals surface area (Å²) in [6, 6.07) is 3.22. The molecule has 0 aromatic carbocycles. The largest absolute Gasteiger partial charge is 0.480 e. The Balaban J connectivity index is 1.88. The van der Waals surface area contributed by atoms with Crippen LogP contribution >= 0.6 is 0 Å². The molecule has 1 fully saturated rings. The predicted octanol–water partition coefficient (Wildman–Crippen LogP) is -0.270. The molecule has 2 aliphatic rings. The number of amides is 2. The van der Waals surface area contributed by atoms with Gasteiger partial charge in [0.1, 0.15) is 11.9 Å². The topological polar surface area (TPSA) is 101 Å². The summed E-state index contributed by atoms with van der Waals surface area (Å²) in [6.07, 6.45) is -1.13. The van der Waals surface area contributed by atoms with E-state index in [-0.39, 0.29) is 31.5 Å². The van der Waals surface area contributed by atoms with Crippen molar-refractivity contribution in [3.63, 3.8) is 0 Å². The van der Waals surface area contributed by atoms with E-state index in [0.29, 0.717) is 11.6 Å².